The van der Waals surface area contributed by atoms with E-state index < -0.39 is 0 Å². The van der Waals surface area contributed by atoms with Gasteiger partial charge in [0, 0.05) is 13.1 Å². The first kappa shape index (κ1) is 14.8. The van der Waals surface area contributed by atoms with Crippen LogP contribution in [0.4, 0.5) is 0 Å². The molecule has 2 heteroatoms. The Kier molecular flexibility index (Phi) is 4.28. The van der Waals surface area contributed by atoms with E-state index in [0.717, 1.165) is 32.4 Å². The predicted octanol–water partition coefficient (Wildman–Crippen LogP) is 4.06. The van der Waals surface area contributed by atoms with E-state index in [1.807, 2.05) is 41.3 Å². The Morgan fingerprint density at radius 3 is 2.18 bits per heavy atom. The van der Waals surface area contributed by atoms with Crippen LogP contribution in [0.25, 0.3) is 0 Å². The van der Waals surface area contributed by atoms with E-state index in [1.165, 1.54) is 11.1 Å². The Balaban J connectivity index is 1.74. The quantitative estimate of drug-likeness (QED) is 0.832. The van der Waals surface area contributed by atoms with E-state index in [1.54, 1.807) is 0 Å². The molecule has 0 bridgehead atoms. The third-order valence-corrected chi connectivity index (χ3v) is 4.61. The molecule has 0 aliphatic carbocycles. The molecule has 22 heavy (non-hydrogen) atoms. The Morgan fingerprint density at radius 1 is 0.955 bits per heavy atom. The Hall–Kier alpha value is -2.09. The second kappa shape index (κ2) is 6.35. The molecule has 1 heterocycles. The molecule has 1 fully saturated rings. The van der Waals surface area contributed by atoms with Crippen LogP contribution in [0.3, 0.4) is 0 Å². The summed E-state index contributed by atoms with van der Waals surface area (Å²) in [4.78, 5) is 15.0. The normalized spacial score (nSPS) is 21.9. The van der Waals surface area contributed by atoms with Crippen molar-refractivity contribution in [2.75, 3.05) is 6.54 Å². The van der Waals surface area contributed by atoms with Crippen LogP contribution in [0.2, 0.25) is 0 Å². The van der Waals surface area contributed by atoms with Crippen molar-refractivity contribution in [2.24, 2.45) is 5.41 Å². The molecule has 1 aliphatic rings. The summed E-state index contributed by atoms with van der Waals surface area (Å²) in [5, 5.41) is 0. The molecule has 0 spiro atoms. The standard InChI is InChI=1S/C20H23NO/c1-20(15-17-9-4-2-5-10-17)13-8-14-21(19(20)22)16-18-11-6-3-7-12-18/h2-7,9-12H,8,13-16H2,1H3. The van der Waals surface area contributed by atoms with Gasteiger partial charge in [-0.3, -0.25) is 4.79 Å². The number of amides is 1. The van der Waals surface area contributed by atoms with Crippen LogP contribution in [-0.4, -0.2) is 17.4 Å². The molecule has 2 nitrogen and oxygen atoms in total. The molecular weight excluding hydrogens is 270 g/mol. The molecule has 1 aliphatic heterocycles. The summed E-state index contributed by atoms with van der Waals surface area (Å²) >= 11 is 0. The zero-order valence-electron chi connectivity index (χ0n) is 13.2. The van der Waals surface area contributed by atoms with Crippen molar-refractivity contribution in [3.63, 3.8) is 0 Å². The van der Waals surface area contributed by atoms with E-state index in [4.69, 9.17) is 0 Å². The van der Waals surface area contributed by atoms with E-state index in [0.29, 0.717) is 5.91 Å². The van der Waals surface area contributed by atoms with E-state index in [2.05, 4.69) is 31.2 Å². The van der Waals surface area contributed by atoms with Crippen LogP contribution in [0.1, 0.15) is 30.9 Å². The third-order valence-electron chi connectivity index (χ3n) is 4.61. The SMILES string of the molecule is CC1(Cc2ccccc2)CCCN(Cc2ccccc2)C1=O. The number of benzene rings is 2. The molecule has 1 saturated heterocycles. The van der Waals surface area contributed by atoms with Gasteiger partial charge in [-0.25, -0.2) is 0 Å². The van der Waals surface area contributed by atoms with Gasteiger partial charge in [-0.15, -0.1) is 0 Å². The molecule has 114 valence electrons. The number of hydrogen-bond donors (Lipinski definition) is 0. The zero-order valence-corrected chi connectivity index (χ0v) is 13.2. The fourth-order valence-electron chi connectivity index (χ4n) is 3.42. The molecule has 0 aromatic heterocycles. The second-order valence-electron chi connectivity index (χ2n) is 6.54. The Labute approximate surface area is 132 Å². The summed E-state index contributed by atoms with van der Waals surface area (Å²) in [6, 6.07) is 20.6. The van der Waals surface area contributed by atoms with Gasteiger partial charge >= 0.3 is 0 Å². The first-order valence-electron chi connectivity index (χ1n) is 8.05. The highest BCUT2D eigenvalue weighted by molar-refractivity contribution is 5.83. The number of hydrogen-bond acceptors (Lipinski definition) is 1. The van der Waals surface area contributed by atoms with Crippen molar-refractivity contribution >= 4 is 5.91 Å². The first-order valence-corrected chi connectivity index (χ1v) is 8.05. The lowest BCUT2D eigenvalue weighted by atomic mass is 9.76. The lowest BCUT2D eigenvalue weighted by Crippen LogP contribution is -2.47. The Bertz CT molecular complexity index is 623. The maximum absolute atomic E-state index is 13.0. The molecule has 0 N–H and O–H groups in total. The summed E-state index contributed by atoms with van der Waals surface area (Å²) in [5.41, 5.74) is 2.19. The number of nitrogens with zero attached hydrogens (tertiary/aromatic N) is 1. The number of carbonyl (C=O) groups is 1. The summed E-state index contributed by atoms with van der Waals surface area (Å²) in [5.74, 6) is 0.298. The van der Waals surface area contributed by atoms with Crippen molar-refractivity contribution in [3.8, 4) is 0 Å². The van der Waals surface area contributed by atoms with Gasteiger partial charge in [0.15, 0.2) is 0 Å². The summed E-state index contributed by atoms with van der Waals surface area (Å²) in [6.45, 7) is 3.72. The predicted molar refractivity (Wildman–Crippen MR) is 89.3 cm³/mol. The monoisotopic (exact) mass is 293 g/mol. The lowest BCUT2D eigenvalue weighted by molar-refractivity contribution is -0.146. The van der Waals surface area contributed by atoms with Gasteiger partial charge in [-0.05, 0) is 30.4 Å². The average molecular weight is 293 g/mol. The average Bonchev–Trinajstić information content (AvgIpc) is 2.54. The van der Waals surface area contributed by atoms with Crippen LogP contribution in [-0.2, 0) is 17.8 Å². The fourth-order valence-corrected chi connectivity index (χ4v) is 3.42. The number of carbonyl (C=O) groups excluding carboxylic acids is 1. The second-order valence-corrected chi connectivity index (χ2v) is 6.54. The molecule has 0 saturated carbocycles. The van der Waals surface area contributed by atoms with Crippen molar-refractivity contribution in [3.05, 3.63) is 71.8 Å². The van der Waals surface area contributed by atoms with Crippen molar-refractivity contribution in [1.29, 1.82) is 0 Å². The van der Waals surface area contributed by atoms with Gasteiger partial charge < -0.3 is 4.90 Å². The third kappa shape index (κ3) is 3.22. The molecule has 1 atom stereocenters. The Morgan fingerprint density at radius 2 is 1.55 bits per heavy atom. The van der Waals surface area contributed by atoms with Crippen molar-refractivity contribution in [2.45, 2.75) is 32.7 Å². The van der Waals surface area contributed by atoms with Crippen LogP contribution < -0.4 is 0 Å². The summed E-state index contributed by atoms with van der Waals surface area (Å²) in [7, 11) is 0. The molecular formula is C20H23NO. The van der Waals surface area contributed by atoms with Gasteiger partial charge in [0.05, 0.1) is 5.41 Å². The fraction of sp³-hybridized carbons (Fsp3) is 0.350. The van der Waals surface area contributed by atoms with Crippen LogP contribution in [0.5, 0.6) is 0 Å². The molecule has 1 unspecified atom stereocenters. The first-order chi connectivity index (χ1) is 10.7. The molecule has 3 rings (SSSR count). The van der Waals surface area contributed by atoms with Crippen molar-refractivity contribution < 1.29 is 4.79 Å². The molecule has 2 aromatic carbocycles. The lowest BCUT2D eigenvalue weighted by Gasteiger charge is -2.39. The highest BCUT2D eigenvalue weighted by atomic mass is 16.2. The zero-order chi connectivity index (χ0) is 15.4. The molecule has 2 aromatic rings. The highest BCUT2D eigenvalue weighted by Gasteiger charge is 2.39. The molecule has 1 amide bonds. The maximum atomic E-state index is 13.0. The van der Waals surface area contributed by atoms with Gasteiger partial charge in [-0.1, -0.05) is 67.6 Å². The summed E-state index contributed by atoms with van der Waals surface area (Å²) in [6.07, 6.45) is 2.89. The van der Waals surface area contributed by atoms with Crippen LogP contribution >= 0.6 is 0 Å². The number of piperidine rings is 1. The van der Waals surface area contributed by atoms with Gasteiger partial charge in [0.2, 0.25) is 5.91 Å². The largest absolute Gasteiger partial charge is 0.338 e. The van der Waals surface area contributed by atoms with Gasteiger partial charge in [-0.2, -0.15) is 0 Å². The minimum Gasteiger partial charge on any atom is -0.338 e. The van der Waals surface area contributed by atoms with Crippen molar-refractivity contribution in [1.82, 2.24) is 4.90 Å². The minimum absolute atomic E-state index is 0.269. The smallest absolute Gasteiger partial charge is 0.229 e. The number of likely N-dealkylation sites (tertiary alicyclic amines) is 1. The van der Waals surface area contributed by atoms with Crippen LogP contribution in [0, 0.1) is 5.41 Å². The van der Waals surface area contributed by atoms with E-state index in [-0.39, 0.29) is 5.41 Å². The van der Waals surface area contributed by atoms with E-state index >= 15 is 0 Å². The van der Waals surface area contributed by atoms with Gasteiger partial charge in [0.1, 0.15) is 0 Å². The highest BCUT2D eigenvalue weighted by Crippen LogP contribution is 2.35. The molecule has 0 radical (unpaired) electrons. The number of rotatable bonds is 4. The minimum atomic E-state index is -0.269. The topological polar surface area (TPSA) is 20.3 Å². The van der Waals surface area contributed by atoms with Crippen LogP contribution in [0.15, 0.2) is 60.7 Å². The van der Waals surface area contributed by atoms with E-state index in [9.17, 15) is 4.79 Å². The van der Waals surface area contributed by atoms with Gasteiger partial charge in [0.25, 0.3) is 0 Å². The summed E-state index contributed by atoms with van der Waals surface area (Å²) < 4.78 is 0. The maximum Gasteiger partial charge on any atom is 0.229 e.